The number of likely N-dealkylation sites (N-methyl/N-ethyl adjacent to an activating group) is 1. The summed E-state index contributed by atoms with van der Waals surface area (Å²) in [5, 5.41) is 3.83. The van der Waals surface area contributed by atoms with Gasteiger partial charge >= 0.3 is 0 Å². The van der Waals surface area contributed by atoms with Gasteiger partial charge in [0.15, 0.2) is 0 Å². The number of amides is 1. The Kier molecular flexibility index (Phi) is 5.11. The molecule has 1 aromatic carbocycles. The lowest BCUT2D eigenvalue weighted by Crippen LogP contribution is -2.31. The smallest absolute Gasteiger partial charge is 0.251 e. The summed E-state index contributed by atoms with van der Waals surface area (Å²) < 4.78 is 0. The lowest BCUT2D eigenvalue weighted by Gasteiger charge is -2.10. The van der Waals surface area contributed by atoms with Crippen LogP contribution in [0.15, 0.2) is 35.1 Å². The Morgan fingerprint density at radius 2 is 2.05 bits per heavy atom. The number of rotatable bonds is 6. The van der Waals surface area contributed by atoms with Crippen LogP contribution in [0, 0.1) is 0 Å². The number of pyridine rings is 1. The number of fused-ring (bicyclic) bond motifs is 1. The van der Waals surface area contributed by atoms with E-state index in [4.69, 9.17) is 0 Å². The number of para-hydroxylation sites is 1. The molecular weight excluding hydrogens is 266 g/mol. The third-order valence-corrected chi connectivity index (χ3v) is 3.33. The summed E-state index contributed by atoms with van der Waals surface area (Å²) in [4.78, 5) is 28.5. The van der Waals surface area contributed by atoms with E-state index in [0.29, 0.717) is 24.9 Å². The normalized spacial score (nSPS) is 11.0. The molecule has 21 heavy (non-hydrogen) atoms. The highest BCUT2D eigenvalue weighted by Crippen LogP contribution is 2.10. The van der Waals surface area contributed by atoms with Crippen molar-refractivity contribution >= 4 is 16.8 Å². The molecule has 0 aliphatic carbocycles. The van der Waals surface area contributed by atoms with E-state index in [1.165, 1.54) is 0 Å². The molecule has 112 valence electrons. The fourth-order valence-corrected chi connectivity index (χ4v) is 2.13. The molecule has 0 saturated heterocycles. The van der Waals surface area contributed by atoms with Crippen molar-refractivity contribution in [3.8, 4) is 0 Å². The molecule has 0 aliphatic rings. The highest BCUT2D eigenvalue weighted by molar-refractivity contribution is 5.79. The second-order valence-corrected chi connectivity index (χ2v) is 5.36. The number of aryl methyl sites for hydroxylation is 1. The third-order valence-electron chi connectivity index (χ3n) is 3.33. The summed E-state index contributed by atoms with van der Waals surface area (Å²) in [6, 6.07) is 9.50. The Bertz CT molecular complexity index is 677. The summed E-state index contributed by atoms with van der Waals surface area (Å²) in [6.45, 7) is 1.43. The Balaban J connectivity index is 1.95. The number of nitrogens with one attached hydrogen (secondary N) is 2. The minimum Gasteiger partial charge on any atom is -0.355 e. The van der Waals surface area contributed by atoms with Crippen LogP contribution in [-0.4, -0.2) is 43.0 Å². The molecule has 2 N–H and O–H groups in total. The van der Waals surface area contributed by atoms with Crippen LogP contribution in [0.5, 0.6) is 0 Å². The minimum atomic E-state index is -0.116. The predicted octanol–water partition coefficient (Wildman–Crippen LogP) is 1.14. The zero-order valence-corrected chi connectivity index (χ0v) is 12.5. The molecular formula is C16H21N3O2. The van der Waals surface area contributed by atoms with E-state index >= 15 is 0 Å². The molecule has 2 rings (SSSR count). The van der Waals surface area contributed by atoms with Gasteiger partial charge < -0.3 is 15.2 Å². The molecule has 1 aromatic heterocycles. The number of hydrogen-bond donors (Lipinski definition) is 2. The molecule has 0 saturated carbocycles. The van der Waals surface area contributed by atoms with Crippen molar-refractivity contribution in [2.24, 2.45) is 0 Å². The highest BCUT2D eigenvalue weighted by Gasteiger charge is 2.06. The van der Waals surface area contributed by atoms with Crippen LogP contribution in [0.25, 0.3) is 10.9 Å². The van der Waals surface area contributed by atoms with Gasteiger partial charge in [-0.1, -0.05) is 18.2 Å². The molecule has 2 aromatic rings. The average Bonchev–Trinajstić information content (AvgIpc) is 2.44. The fourth-order valence-electron chi connectivity index (χ4n) is 2.13. The van der Waals surface area contributed by atoms with Crippen LogP contribution in [0.2, 0.25) is 0 Å². The van der Waals surface area contributed by atoms with Crippen molar-refractivity contribution in [3.63, 3.8) is 0 Å². The van der Waals surface area contributed by atoms with Crippen LogP contribution in [-0.2, 0) is 11.2 Å². The maximum atomic E-state index is 12.0. The van der Waals surface area contributed by atoms with E-state index in [1.807, 2.05) is 49.3 Å². The molecule has 0 atom stereocenters. The van der Waals surface area contributed by atoms with Crippen molar-refractivity contribution < 1.29 is 4.79 Å². The molecule has 0 radical (unpaired) electrons. The first-order valence-electron chi connectivity index (χ1n) is 7.08. The number of carbonyl (C=O) groups excluding carboxylic acids is 1. The average molecular weight is 287 g/mol. The largest absolute Gasteiger partial charge is 0.355 e. The van der Waals surface area contributed by atoms with Crippen LogP contribution in [0.4, 0.5) is 0 Å². The second-order valence-electron chi connectivity index (χ2n) is 5.36. The van der Waals surface area contributed by atoms with Crippen LogP contribution < -0.4 is 10.9 Å². The molecule has 0 bridgehead atoms. The summed E-state index contributed by atoms with van der Waals surface area (Å²) in [5.41, 5.74) is 1.35. The lowest BCUT2D eigenvalue weighted by atomic mass is 10.1. The van der Waals surface area contributed by atoms with Crippen LogP contribution >= 0.6 is 0 Å². The van der Waals surface area contributed by atoms with Gasteiger partial charge in [0.1, 0.15) is 0 Å². The van der Waals surface area contributed by atoms with E-state index in [1.54, 1.807) is 0 Å². The van der Waals surface area contributed by atoms with E-state index < -0.39 is 0 Å². The Morgan fingerprint density at radius 1 is 1.29 bits per heavy atom. The molecule has 0 fully saturated rings. The van der Waals surface area contributed by atoms with Gasteiger partial charge in [-0.15, -0.1) is 0 Å². The number of nitrogens with zero attached hydrogens (tertiary/aromatic N) is 1. The zero-order valence-electron chi connectivity index (χ0n) is 12.5. The van der Waals surface area contributed by atoms with Crippen LogP contribution in [0.3, 0.4) is 0 Å². The maximum absolute atomic E-state index is 12.0. The number of carbonyl (C=O) groups is 1. The summed E-state index contributed by atoms with van der Waals surface area (Å²) >= 11 is 0. The van der Waals surface area contributed by atoms with Crippen LogP contribution in [0.1, 0.15) is 12.0 Å². The Labute approximate surface area is 124 Å². The SMILES string of the molecule is CN(C)CCNC(=O)CCc1cc2ccccc2[nH]c1=O. The first-order valence-corrected chi connectivity index (χ1v) is 7.08. The fraction of sp³-hybridized carbons (Fsp3) is 0.375. The maximum Gasteiger partial charge on any atom is 0.251 e. The summed E-state index contributed by atoms with van der Waals surface area (Å²) in [6.07, 6.45) is 0.781. The summed E-state index contributed by atoms with van der Waals surface area (Å²) in [5.74, 6) is -0.0237. The first-order chi connectivity index (χ1) is 10.1. The lowest BCUT2D eigenvalue weighted by molar-refractivity contribution is -0.121. The number of aromatic nitrogens is 1. The zero-order chi connectivity index (χ0) is 15.2. The van der Waals surface area contributed by atoms with Gasteiger partial charge in [-0.05, 0) is 38.0 Å². The van der Waals surface area contributed by atoms with Crippen molar-refractivity contribution in [2.45, 2.75) is 12.8 Å². The molecule has 0 aliphatic heterocycles. The topological polar surface area (TPSA) is 65.2 Å². The second kappa shape index (κ2) is 7.04. The number of hydrogen-bond acceptors (Lipinski definition) is 3. The number of benzene rings is 1. The predicted molar refractivity (Wildman–Crippen MR) is 84.5 cm³/mol. The van der Waals surface area contributed by atoms with E-state index in [0.717, 1.165) is 17.4 Å². The van der Waals surface area contributed by atoms with Gasteiger partial charge in [0.05, 0.1) is 0 Å². The molecule has 0 spiro atoms. The standard InChI is InChI=1S/C16H21N3O2/c1-19(2)10-9-17-15(20)8-7-13-11-12-5-3-4-6-14(12)18-16(13)21/h3-6,11H,7-10H2,1-2H3,(H,17,20)(H,18,21). The van der Waals surface area contributed by atoms with Gasteiger partial charge in [-0.2, -0.15) is 0 Å². The van der Waals surface area contributed by atoms with E-state index in [-0.39, 0.29) is 11.5 Å². The van der Waals surface area contributed by atoms with E-state index in [9.17, 15) is 9.59 Å². The van der Waals surface area contributed by atoms with Gasteiger partial charge in [0.2, 0.25) is 5.91 Å². The van der Waals surface area contributed by atoms with Gasteiger partial charge in [0, 0.05) is 30.6 Å². The molecule has 0 unspecified atom stereocenters. The number of aromatic amines is 1. The first kappa shape index (κ1) is 15.3. The molecule has 5 heteroatoms. The van der Waals surface area contributed by atoms with Gasteiger partial charge in [-0.25, -0.2) is 0 Å². The van der Waals surface area contributed by atoms with Gasteiger partial charge in [0.25, 0.3) is 5.56 Å². The van der Waals surface area contributed by atoms with Crippen molar-refractivity contribution in [1.82, 2.24) is 15.2 Å². The van der Waals surface area contributed by atoms with Crippen molar-refractivity contribution in [2.75, 3.05) is 27.2 Å². The quantitative estimate of drug-likeness (QED) is 0.837. The minimum absolute atomic E-state index is 0.0237. The van der Waals surface area contributed by atoms with Crippen molar-refractivity contribution in [3.05, 3.63) is 46.2 Å². The molecule has 1 heterocycles. The summed E-state index contributed by atoms with van der Waals surface area (Å²) in [7, 11) is 3.92. The molecule has 5 nitrogen and oxygen atoms in total. The Hall–Kier alpha value is -2.14. The Morgan fingerprint density at radius 3 is 2.81 bits per heavy atom. The van der Waals surface area contributed by atoms with Gasteiger partial charge in [-0.3, -0.25) is 9.59 Å². The van der Waals surface area contributed by atoms with Crippen molar-refractivity contribution in [1.29, 1.82) is 0 Å². The molecule has 1 amide bonds. The highest BCUT2D eigenvalue weighted by atomic mass is 16.1. The third kappa shape index (κ3) is 4.43. The monoisotopic (exact) mass is 287 g/mol. The number of H-pyrrole nitrogens is 1. The van der Waals surface area contributed by atoms with E-state index in [2.05, 4.69) is 10.3 Å².